The molecular formula is C19H20N2O3S. The lowest BCUT2D eigenvalue weighted by Gasteiger charge is -2.19. The summed E-state index contributed by atoms with van der Waals surface area (Å²) < 4.78 is 7.15. The number of rotatable bonds is 5. The molecule has 1 aromatic heterocycles. The Balaban J connectivity index is 1.91. The zero-order valence-corrected chi connectivity index (χ0v) is 15.2. The SMILES string of the molecule is CC[C@@H](C)N1C(=O)S/C(=C/c2cccn2-c2ccc(OC)cc2)C1=O. The van der Waals surface area contributed by atoms with Crippen LogP contribution in [0.5, 0.6) is 5.75 Å². The Bertz CT molecular complexity index is 823. The van der Waals surface area contributed by atoms with Crippen molar-refractivity contribution in [3.63, 3.8) is 0 Å². The Morgan fingerprint density at radius 3 is 2.56 bits per heavy atom. The predicted octanol–water partition coefficient (Wildman–Crippen LogP) is 4.32. The van der Waals surface area contributed by atoms with E-state index >= 15 is 0 Å². The molecule has 6 heteroatoms. The van der Waals surface area contributed by atoms with Crippen LogP contribution >= 0.6 is 11.8 Å². The number of hydrogen-bond acceptors (Lipinski definition) is 4. The molecule has 0 spiro atoms. The second-order valence-corrected chi connectivity index (χ2v) is 6.80. The number of hydrogen-bond donors (Lipinski definition) is 0. The van der Waals surface area contributed by atoms with E-state index in [2.05, 4.69) is 0 Å². The van der Waals surface area contributed by atoms with Crippen LogP contribution in [0.4, 0.5) is 4.79 Å². The third kappa shape index (κ3) is 3.35. The van der Waals surface area contributed by atoms with Crippen LogP contribution in [-0.2, 0) is 4.79 Å². The van der Waals surface area contributed by atoms with Gasteiger partial charge >= 0.3 is 0 Å². The number of ether oxygens (including phenoxy) is 1. The van der Waals surface area contributed by atoms with Gasteiger partial charge in [-0.3, -0.25) is 14.5 Å². The predicted molar refractivity (Wildman–Crippen MR) is 99.9 cm³/mol. The number of thioether (sulfide) groups is 1. The van der Waals surface area contributed by atoms with Crippen LogP contribution < -0.4 is 4.74 Å². The number of nitrogens with zero attached hydrogens (tertiary/aromatic N) is 2. The van der Waals surface area contributed by atoms with Gasteiger partial charge < -0.3 is 9.30 Å². The minimum Gasteiger partial charge on any atom is -0.497 e. The van der Waals surface area contributed by atoms with E-state index in [4.69, 9.17) is 4.74 Å². The summed E-state index contributed by atoms with van der Waals surface area (Å²) in [7, 11) is 1.63. The molecule has 2 heterocycles. The highest BCUT2D eigenvalue weighted by Gasteiger charge is 2.37. The van der Waals surface area contributed by atoms with E-state index in [0.29, 0.717) is 4.91 Å². The summed E-state index contributed by atoms with van der Waals surface area (Å²) in [5.41, 5.74) is 1.80. The highest BCUT2D eigenvalue weighted by atomic mass is 32.2. The van der Waals surface area contributed by atoms with Gasteiger partial charge in [-0.2, -0.15) is 0 Å². The standard InChI is InChI=1S/C19H20N2O3S/c1-4-13(2)21-18(22)17(25-19(21)23)12-15-6-5-11-20(15)14-7-9-16(24-3)10-8-14/h5-13H,4H2,1-3H3/b17-12+/t13-/m1/s1. The first-order valence-electron chi connectivity index (χ1n) is 8.14. The number of carbonyl (C=O) groups is 2. The van der Waals surface area contributed by atoms with Gasteiger partial charge in [0.1, 0.15) is 5.75 Å². The summed E-state index contributed by atoms with van der Waals surface area (Å²) in [6, 6.07) is 11.4. The quantitative estimate of drug-likeness (QED) is 0.749. The van der Waals surface area contributed by atoms with E-state index in [1.54, 1.807) is 13.2 Å². The summed E-state index contributed by atoms with van der Waals surface area (Å²) in [6.07, 6.45) is 4.44. The first-order valence-corrected chi connectivity index (χ1v) is 8.95. The molecule has 1 atom stereocenters. The lowest BCUT2D eigenvalue weighted by atomic mass is 10.2. The van der Waals surface area contributed by atoms with Gasteiger partial charge in [0.05, 0.1) is 12.0 Å². The van der Waals surface area contributed by atoms with Crippen molar-refractivity contribution in [1.82, 2.24) is 9.47 Å². The summed E-state index contributed by atoms with van der Waals surface area (Å²) >= 11 is 0.999. The van der Waals surface area contributed by atoms with Crippen molar-refractivity contribution in [3.05, 3.63) is 53.2 Å². The van der Waals surface area contributed by atoms with E-state index in [-0.39, 0.29) is 17.2 Å². The molecule has 0 N–H and O–H groups in total. The molecule has 2 aromatic rings. The van der Waals surface area contributed by atoms with Crippen LogP contribution in [-0.4, -0.2) is 33.8 Å². The molecule has 130 valence electrons. The smallest absolute Gasteiger partial charge is 0.293 e. The van der Waals surface area contributed by atoms with E-state index < -0.39 is 0 Å². The number of aromatic nitrogens is 1. The molecule has 0 bridgehead atoms. The molecule has 0 saturated carbocycles. The molecule has 2 amide bonds. The summed E-state index contributed by atoms with van der Waals surface area (Å²) in [6.45, 7) is 3.85. The van der Waals surface area contributed by atoms with Gasteiger partial charge in [-0.15, -0.1) is 0 Å². The van der Waals surface area contributed by atoms with Crippen molar-refractivity contribution >= 4 is 29.0 Å². The largest absolute Gasteiger partial charge is 0.497 e. The molecule has 1 fully saturated rings. The zero-order valence-electron chi connectivity index (χ0n) is 14.4. The number of carbonyl (C=O) groups excluding carboxylic acids is 2. The lowest BCUT2D eigenvalue weighted by molar-refractivity contribution is -0.124. The molecule has 0 aliphatic carbocycles. The van der Waals surface area contributed by atoms with Gasteiger partial charge in [0, 0.05) is 23.6 Å². The monoisotopic (exact) mass is 356 g/mol. The fraction of sp³-hybridized carbons (Fsp3) is 0.263. The minimum atomic E-state index is -0.216. The van der Waals surface area contributed by atoms with Gasteiger partial charge in [0.15, 0.2) is 0 Å². The fourth-order valence-corrected chi connectivity index (χ4v) is 3.58. The Kier molecular flexibility index (Phi) is 4.99. The molecule has 1 aliphatic heterocycles. The Hall–Kier alpha value is -2.47. The van der Waals surface area contributed by atoms with Crippen molar-refractivity contribution in [2.75, 3.05) is 7.11 Å². The van der Waals surface area contributed by atoms with Gasteiger partial charge in [-0.25, -0.2) is 0 Å². The van der Waals surface area contributed by atoms with E-state index in [1.165, 1.54) is 4.90 Å². The van der Waals surface area contributed by atoms with Gasteiger partial charge in [-0.1, -0.05) is 6.92 Å². The first-order chi connectivity index (χ1) is 12.0. The zero-order chi connectivity index (χ0) is 18.0. The van der Waals surface area contributed by atoms with Crippen LogP contribution in [0.1, 0.15) is 26.0 Å². The van der Waals surface area contributed by atoms with E-state index in [0.717, 1.165) is 35.3 Å². The summed E-state index contributed by atoms with van der Waals surface area (Å²) in [5.74, 6) is 0.568. The number of methoxy groups -OCH3 is 1. The van der Waals surface area contributed by atoms with Gasteiger partial charge in [-0.05, 0) is 67.6 Å². The average Bonchev–Trinajstić information content (AvgIpc) is 3.19. The maximum absolute atomic E-state index is 12.6. The molecule has 0 unspecified atom stereocenters. The van der Waals surface area contributed by atoms with Crippen LogP contribution in [0.2, 0.25) is 0 Å². The average molecular weight is 356 g/mol. The number of imide groups is 1. The topological polar surface area (TPSA) is 51.5 Å². The molecule has 5 nitrogen and oxygen atoms in total. The third-order valence-electron chi connectivity index (χ3n) is 4.27. The third-order valence-corrected chi connectivity index (χ3v) is 5.15. The van der Waals surface area contributed by atoms with Crippen LogP contribution in [0.3, 0.4) is 0 Å². The second-order valence-electron chi connectivity index (χ2n) is 5.81. The van der Waals surface area contributed by atoms with Crippen molar-refractivity contribution in [2.24, 2.45) is 0 Å². The van der Waals surface area contributed by atoms with Gasteiger partial charge in [0.2, 0.25) is 0 Å². The molecule has 0 radical (unpaired) electrons. The summed E-state index contributed by atoms with van der Waals surface area (Å²) in [5, 5.41) is -0.201. The molecule has 1 saturated heterocycles. The fourth-order valence-electron chi connectivity index (χ4n) is 2.67. The van der Waals surface area contributed by atoms with E-state index in [1.807, 2.05) is 61.0 Å². The lowest BCUT2D eigenvalue weighted by Crippen LogP contribution is -2.36. The van der Waals surface area contributed by atoms with Crippen molar-refractivity contribution in [3.8, 4) is 11.4 Å². The number of amides is 2. The Morgan fingerprint density at radius 2 is 1.92 bits per heavy atom. The second kappa shape index (κ2) is 7.19. The number of benzene rings is 1. The summed E-state index contributed by atoms with van der Waals surface area (Å²) in [4.78, 5) is 26.5. The Morgan fingerprint density at radius 1 is 1.20 bits per heavy atom. The van der Waals surface area contributed by atoms with Crippen molar-refractivity contribution in [2.45, 2.75) is 26.3 Å². The molecular weight excluding hydrogens is 336 g/mol. The van der Waals surface area contributed by atoms with Crippen molar-refractivity contribution < 1.29 is 14.3 Å². The highest BCUT2D eigenvalue weighted by Crippen LogP contribution is 2.34. The molecule has 1 aromatic carbocycles. The van der Waals surface area contributed by atoms with Gasteiger partial charge in [0.25, 0.3) is 11.1 Å². The molecule has 25 heavy (non-hydrogen) atoms. The van der Waals surface area contributed by atoms with Crippen LogP contribution in [0, 0.1) is 0 Å². The van der Waals surface area contributed by atoms with E-state index in [9.17, 15) is 9.59 Å². The Labute approximate surface area is 151 Å². The maximum Gasteiger partial charge on any atom is 0.293 e. The van der Waals surface area contributed by atoms with Crippen LogP contribution in [0.25, 0.3) is 11.8 Å². The highest BCUT2D eigenvalue weighted by molar-refractivity contribution is 8.18. The minimum absolute atomic E-state index is 0.0910. The van der Waals surface area contributed by atoms with Crippen molar-refractivity contribution in [1.29, 1.82) is 0 Å². The molecule has 3 rings (SSSR count). The molecule has 1 aliphatic rings. The van der Waals surface area contributed by atoms with Crippen LogP contribution in [0.15, 0.2) is 47.5 Å². The first kappa shape index (κ1) is 17.4. The maximum atomic E-state index is 12.6. The normalized spacial score (nSPS) is 17.4.